The van der Waals surface area contributed by atoms with Crippen molar-refractivity contribution in [1.82, 2.24) is 10.3 Å². The minimum Gasteiger partial charge on any atom is -0.321 e. The highest BCUT2D eigenvalue weighted by molar-refractivity contribution is 8.00. The van der Waals surface area contributed by atoms with Crippen LogP contribution in [0.25, 0.3) is 17.3 Å². The second kappa shape index (κ2) is 16.1. The summed E-state index contributed by atoms with van der Waals surface area (Å²) in [6.45, 7) is 4.02. The number of benzene rings is 5. The summed E-state index contributed by atoms with van der Waals surface area (Å²) in [6, 6.07) is 41.3. The van der Waals surface area contributed by atoms with E-state index < -0.39 is 17.1 Å². The second-order valence-corrected chi connectivity index (χ2v) is 13.6. The van der Waals surface area contributed by atoms with Crippen molar-refractivity contribution < 1.29 is 14.4 Å². The monoisotopic (exact) mass is 694 g/mol. The Balaban J connectivity index is 1.20. The molecule has 50 heavy (non-hydrogen) atoms. The van der Waals surface area contributed by atoms with E-state index in [1.165, 1.54) is 23.1 Å². The van der Waals surface area contributed by atoms with Crippen LogP contribution in [0.2, 0.25) is 0 Å². The van der Waals surface area contributed by atoms with Crippen molar-refractivity contribution in [2.45, 2.75) is 24.0 Å². The Hall–Kier alpha value is -5.77. The van der Waals surface area contributed by atoms with Crippen molar-refractivity contribution in [3.63, 3.8) is 0 Å². The molecule has 1 unspecified atom stereocenters. The SMILES string of the molecule is Cc1ccc(/C=C(\NC(=O)c2ccccc2)C(=O)Nc2cccc(SC(C(=O)Nc3nc(-c4ccc(C)cc4)cs3)c3ccccc3)c2)cc1. The zero-order chi connectivity index (χ0) is 34.9. The molecular weight excluding hydrogens is 661 g/mol. The first kappa shape index (κ1) is 34.1. The van der Waals surface area contributed by atoms with Crippen LogP contribution in [-0.4, -0.2) is 22.7 Å². The predicted octanol–water partition coefficient (Wildman–Crippen LogP) is 9.31. The van der Waals surface area contributed by atoms with Gasteiger partial charge in [-0.05, 0) is 61.4 Å². The molecule has 0 spiro atoms. The van der Waals surface area contributed by atoms with Gasteiger partial charge in [0.1, 0.15) is 10.9 Å². The number of aromatic nitrogens is 1. The van der Waals surface area contributed by atoms with Crippen LogP contribution in [-0.2, 0) is 9.59 Å². The fraction of sp³-hybridized carbons (Fsp3) is 0.0732. The van der Waals surface area contributed by atoms with Crippen LogP contribution in [0.5, 0.6) is 0 Å². The van der Waals surface area contributed by atoms with E-state index >= 15 is 0 Å². The van der Waals surface area contributed by atoms with Gasteiger partial charge in [0.15, 0.2) is 5.13 Å². The molecule has 1 aromatic heterocycles. The third-order valence-electron chi connectivity index (χ3n) is 7.69. The van der Waals surface area contributed by atoms with Crippen molar-refractivity contribution in [2.75, 3.05) is 10.6 Å². The summed E-state index contributed by atoms with van der Waals surface area (Å²) >= 11 is 2.74. The Bertz CT molecular complexity index is 2130. The number of aryl methyl sites for hydroxylation is 2. The zero-order valence-corrected chi connectivity index (χ0v) is 29.1. The number of carbonyl (C=O) groups excluding carboxylic acids is 3. The van der Waals surface area contributed by atoms with Crippen molar-refractivity contribution in [3.05, 3.63) is 172 Å². The third-order valence-corrected chi connectivity index (χ3v) is 9.69. The quantitative estimate of drug-likeness (QED) is 0.0928. The summed E-state index contributed by atoms with van der Waals surface area (Å²) in [5, 5.41) is 10.6. The Kier molecular flexibility index (Phi) is 11.0. The van der Waals surface area contributed by atoms with Gasteiger partial charge >= 0.3 is 0 Å². The van der Waals surface area contributed by atoms with Gasteiger partial charge in [0.2, 0.25) is 5.91 Å². The van der Waals surface area contributed by atoms with Gasteiger partial charge < -0.3 is 16.0 Å². The fourth-order valence-corrected chi connectivity index (χ4v) is 6.82. The zero-order valence-electron chi connectivity index (χ0n) is 27.4. The summed E-state index contributed by atoms with van der Waals surface area (Å²) in [7, 11) is 0. The van der Waals surface area contributed by atoms with Crippen molar-refractivity contribution in [2.24, 2.45) is 0 Å². The van der Waals surface area contributed by atoms with Crippen LogP contribution in [0, 0.1) is 13.8 Å². The van der Waals surface area contributed by atoms with Gasteiger partial charge in [0.05, 0.1) is 5.69 Å². The van der Waals surface area contributed by atoms with E-state index in [1.807, 2.05) is 122 Å². The molecule has 1 heterocycles. The topological polar surface area (TPSA) is 100 Å². The first-order valence-electron chi connectivity index (χ1n) is 15.9. The van der Waals surface area contributed by atoms with Crippen molar-refractivity contribution in [3.8, 4) is 11.3 Å². The first-order chi connectivity index (χ1) is 24.3. The van der Waals surface area contributed by atoms with Crippen LogP contribution in [0.15, 0.2) is 149 Å². The Labute approximate surface area is 299 Å². The van der Waals surface area contributed by atoms with Crippen molar-refractivity contribution in [1.29, 1.82) is 0 Å². The summed E-state index contributed by atoms with van der Waals surface area (Å²) in [4.78, 5) is 46.0. The van der Waals surface area contributed by atoms with E-state index in [1.54, 1.807) is 36.4 Å². The number of hydrogen-bond acceptors (Lipinski definition) is 6. The molecular formula is C41H34N4O3S2. The fourth-order valence-electron chi connectivity index (χ4n) is 5.01. The predicted molar refractivity (Wildman–Crippen MR) is 204 cm³/mol. The number of anilines is 2. The Morgan fingerprint density at radius 1 is 0.740 bits per heavy atom. The number of rotatable bonds is 11. The van der Waals surface area contributed by atoms with E-state index in [0.717, 1.165) is 38.4 Å². The van der Waals surface area contributed by atoms with Gasteiger partial charge in [-0.1, -0.05) is 114 Å². The Morgan fingerprint density at radius 2 is 1.40 bits per heavy atom. The minimum atomic E-state index is -0.601. The smallest absolute Gasteiger partial charge is 0.272 e. The van der Waals surface area contributed by atoms with E-state index in [2.05, 4.69) is 20.9 Å². The van der Waals surface area contributed by atoms with E-state index in [9.17, 15) is 14.4 Å². The number of carbonyl (C=O) groups is 3. The van der Waals surface area contributed by atoms with Gasteiger partial charge in [-0.2, -0.15) is 0 Å². The van der Waals surface area contributed by atoms with Gasteiger partial charge in [0, 0.05) is 27.1 Å². The normalized spacial score (nSPS) is 11.8. The minimum absolute atomic E-state index is 0.0933. The molecule has 0 aliphatic carbocycles. The molecule has 0 radical (unpaired) electrons. The summed E-state index contributed by atoms with van der Waals surface area (Å²) < 4.78 is 0. The van der Waals surface area contributed by atoms with Gasteiger partial charge in [0.25, 0.3) is 11.8 Å². The molecule has 248 valence electrons. The first-order valence-corrected chi connectivity index (χ1v) is 17.7. The summed E-state index contributed by atoms with van der Waals surface area (Å²) in [6.07, 6.45) is 1.65. The number of thioether (sulfide) groups is 1. The lowest BCUT2D eigenvalue weighted by molar-refractivity contribution is -0.116. The van der Waals surface area contributed by atoms with Crippen LogP contribution in [0.1, 0.15) is 37.9 Å². The largest absolute Gasteiger partial charge is 0.321 e. The average molecular weight is 695 g/mol. The van der Waals surface area contributed by atoms with Crippen LogP contribution in [0.4, 0.5) is 10.8 Å². The van der Waals surface area contributed by atoms with Gasteiger partial charge in [-0.25, -0.2) is 4.98 Å². The van der Waals surface area contributed by atoms with E-state index in [-0.39, 0.29) is 11.6 Å². The molecule has 7 nitrogen and oxygen atoms in total. The molecule has 0 saturated carbocycles. The van der Waals surface area contributed by atoms with Crippen LogP contribution >= 0.6 is 23.1 Å². The number of nitrogens with one attached hydrogen (secondary N) is 3. The summed E-state index contributed by atoms with van der Waals surface area (Å²) in [5.41, 5.74) is 6.66. The molecule has 0 aliphatic rings. The second-order valence-electron chi connectivity index (χ2n) is 11.6. The maximum atomic E-state index is 13.8. The Morgan fingerprint density at radius 3 is 2.10 bits per heavy atom. The number of thiazole rings is 1. The lowest BCUT2D eigenvalue weighted by atomic mass is 10.1. The standard InChI is InChI=1S/C41H34N4O3S2/c1-27-16-20-29(21-17-27)24-35(43-38(46)32-12-7-4-8-13-32)39(47)42-33-14-9-15-34(25-33)50-37(31-10-5-3-6-11-31)40(48)45-41-44-36(26-49-41)30-22-18-28(2)19-23-30/h3-26,37H,1-2H3,(H,42,47)(H,43,46)(H,44,45,48)/b35-24-. The average Bonchev–Trinajstić information content (AvgIpc) is 3.60. The highest BCUT2D eigenvalue weighted by Gasteiger charge is 2.24. The molecule has 0 aliphatic heterocycles. The molecule has 0 saturated heterocycles. The van der Waals surface area contributed by atoms with Crippen LogP contribution < -0.4 is 16.0 Å². The molecule has 1 atom stereocenters. The maximum Gasteiger partial charge on any atom is 0.272 e. The number of amides is 3. The highest BCUT2D eigenvalue weighted by atomic mass is 32.2. The van der Waals surface area contributed by atoms with E-state index in [0.29, 0.717) is 16.4 Å². The molecule has 6 rings (SSSR count). The molecule has 3 N–H and O–H groups in total. The third kappa shape index (κ3) is 9.02. The van der Waals surface area contributed by atoms with Gasteiger partial charge in [-0.15, -0.1) is 23.1 Å². The molecule has 9 heteroatoms. The molecule has 6 aromatic rings. The number of nitrogens with zero attached hydrogens (tertiary/aromatic N) is 1. The molecule has 5 aromatic carbocycles. The van der Waals surface area contributed by atoms with Gasteiger partial charge in [-0.3, -0.25) is 14.4 Å². The lowest BCUT2D eigenvalue weighted by Gasteiger charge is -2.17. The maximum absolute atomic E-state index is 13.8. The van der Waals surface area contributed by atoms with Crippen molar-refractivity contribution >= 4 is 57.7 Å². The highest BCUT2D eigenvalue weighted by Crippen LogP contribution is 2.38. The molecule has 0 bridgehead atoms. The molecule has 0 fully saturated rings. The lowest BCUT2D eigenvalue weighted by Crippen LogP contribution is -2.30. The summed E-state index contributed by atoms with van der Waals surface area (Å²) in [5.74, 6) is -1.10. The number of hydrogen-bond donors (Lipinski definition) is 3. The molecule has 3 amide bonds. The van der Waals surface area contributed by atoms with E-state index in [4.69, 9.17) is 0 Å². The van der Waals surface area contributed by atoms with Crippen LogP contribution in [0.3, 0.4) is 0 Å².